The van der Waals surface area contributed by atoms with Gasteiger partial charge in [0.05, 0.1) is 11.8 Å². The number of hydrogen-bond acceptors (Lipinski definition) is 3. The number of fused-ring (bicyclic) bond motifs is 1. The highest BCUT2D eigenvalue weighted by atomic mass is 19.4. The van der Waals surface area contributed by atoms with Gasteiger partial charge in [0.25, 0.3) is 0 Å². The van der Waals surface area contributed by atoms with Gasteiger partial charge in [0.15, 0.2) is 5.82 Å². The van der Waals surface area contributed by atoms with Crippen molar-refractivity contribution in [2.75, 3.05) is 11.9 Å². The Balaban J connectivity index is 2.54. The first-order valence-electron chi connectivity index (χ1n) is 3.74. The number of halogens is 3. The molecule has 2 heterocycles. The van der Waals surface area contributed by atoms with Crippen molar-refractivity contribution in [1.29, 1.82) is 0 Å². The summed E-state index contributed by atoms with van der Waals surface area (Å²) in [5.74, 6) is 0.259. The van der Waals surface area contributed by atoms with Crippen LogP contribution in [0, 0.1) is 0 Å². The van der Waals surface area contributed by atoms with Gasteiger partial charge >= 0.3 is 6.18 Å². The fourth-order valence-electron chi connectivity index (χ4n) is 1.36. The van der Waals surface area contributed by atoms with E-state index in [1.54, 1.807) is 0 Å². The van der Waals surface area contributed by atoms with E-state index in [9.17, 15) is 13.2 Å². The molecule has 0 saturated carbocycles. The summed E-state index contributed by atoms with van der Waals surface area (Å²) in [7, 11) is 0. The van der Waals surface area contributed by atoms with E-state index in [2.05, 4.69) is 15.5 Å². The number of nitrogens with zero attached hydrogens (tertiary/aromatic N) is 2. The molecule has 0 aromatic carbocycles. The van der Waals surface area contributed by atoms with Gasteiger partial charge in [-0.1, -0.05) is 0 Å². The maximum absolute atomic E-state index is 12.3. The highest BCUT2D eigenvalue weighted by molar-refractivity contribution is 5.52. The van der Waals surface area contributed by atoms with E-state index in [1.807, 2.05) is 0 Å². The summed E-state index contributed by atoms with van der Waals surface area (Å²) in [6, 6.07) is 0. The van der Waals surface area contributed by atoms with Crippen molar-refractivity contribution in [3.05, 3.63) is 17.3 Å². The second kappa shape index (κ2) is 2.58. The first-order chi connectivity index (χ1) is 6.09. The van der Waals surface area contributed by atoms with Gasteiger partial charge in [-0.2, -0.15) is 18.3 Å². The predicted octanol–water partition coefficient (Wildman–Crippen LogP) is 1.46. The quantitative estimate of drug-likeness (QED) is 0.671. The second-order valence-corrected chi connectivity index (χ2v) is 2.76. The first-order valence-corrected chi connectivity index (χ1v) is 3.74. The van der Waals surface area contributed by atoms with Crippen molar-refractivity contribution in [2.24, 2.45) is 0 Å². The maximum Gasteiger partial charge on any atom is 0.418 e. The summed E-state index contributed by atoms with van der Waals surface area (Å²) in [5.41, 5.74) is -0.454. The third-order valence-corrected chi connectivity index (χ3v) is 1.93. The topological polar surface area (TPSA) is 37.8 Å². The molecule has 0 saturated heterocycles. The van der Waals surface area contributed by atoms with Gasteiger partial charge in [-0.15, -0.1) is 5.10 Å². The summed E-state index contributed by atoms with van der Waals surface area (Å²) in [6.07, 6.45) is -3.20. The van der Waals surface area contributed by atoms with Gasteiger partial charge < -0.3 is 5.32 Å². The highest BCUT2D eigenvalue weighted by Gasteiger charge is 2.36. The SMILES string of the molecule is FC(F)(F)c1cnnc2c1CCN2. The Morgan fingerprint density at radius 2 is 2.15 bits per heavy atom. The van der Waals surface area contributed by atoms with Gasteiger partial charge in [-0.3, -0.25) is 0 Å². The van der Waals surface area contributed by atoms with E-state index in [-0.39, 0.29) is 11.4 Å². The zero-order chi connectivity index (χ0) is 9.47. The van der Waals surface area contributed by atoms with Crippen molar-refractivity contribution in [3.8, 4) is 0 Å². The zero-order valence-electron chi connectivity index (χ0n) is 6.52. The van der Waals surface area contributed by atoms with E-state index >= 15 is 0 Å². The molecular weight excluding hydrogens is 183 g/mol. The fraction of sp³-hybridized carbons (Fsp3) is 0.429. The Kier molecular flexibility index (Phi) is 1.64. The molecule has 3 nitrogen and oxygen atoms in total. The molecule has 2 rings (SSSR count). The average molecular weight is 189 g/mol. The van der Waals surface area contributed by atoms with E-state index in [1.165, 1.54) is 0 Å². The molecule has 1 aromatic rings. The van der Waals surface area contributed by atoms with Crippen LogP contribution in [-0.4, -0.2) is 16.7 Å². The molecule has 6 heteroatoms. The van der Waals surface area contributed by atoms with Crippen LogP contribution in [-0.2, 0) is 12.6 Å². The summed E-state index contributed by atoms with van der Waals surface area (Å²) < 4.78 is 37.0. The lowest BCUT2D eigenvalue weighted by molar-refractivity contribution is -0.138. The third-order valence-electron chi connectivity index (χ3n) is 1.93. The van der Waals surface area contributed by atoms with E-state index in [0.717, 1.165) is 6.20 Å². The molecule has 0 amide bonds. The van der Waals surface area contributed by atoms with Crippen LogP contribution in [0.1, 0.15) is 11.1 Å². The fourth-order valence-corrected chi connectivity index (χ4v) is 1.36. The van der Waals surface area contributed by atoms with Gasteiger partial charge in [-0.25, -0.2) is 0 Å². The van der Waals surface area contributed by atoms with Crippen molar-refractivity contribution in [1.82, 2.24) is 10.2 Å². The molecular formula is C7H6F3N3. The van der Waals surface area contributed by atoms with Gasteiger partial charge in [-0.05, 0) is 6.42 Å². The monoisotopic (exact) mass is 189 g/mol. The predicted molar refractivity (Wildman–Crippen MR) is 39.2 cm³/mol. The van der Waals surface area contributed by atoms with Crippen molar-refractivity contribution in [3.63, 3.8) is 0 Å². The largest absolute Gasteiger partial charge is 0.418 e. The van der Waals surface area contributed by atoms with Gasteiger partial charge in [0, 0.05) is 12.1 Å². The highest BCUT2D eigenvalue weighted by Crippen LogP contribution is 2.35. The lowest BCUT2D eigenvalue weighted by Gasteiger charge is -2.08. The molecule has 0 bridgehead atoms. The molecule has 1 aliphatic rings. The minimum atomic E-state index is -4.33. The molecule has 1 aromatic heterocycles. The van der Waals surface area contributed by atoms with E-state index < -0.39 is 11.7 Å². The molecule has 1 N–H and O–H groups in total. The van der Waals surface area contributed by atoms with Crippen LogP contribution in [0.15, 0.2) is 6.20 Å². The van der Waals surface area contributed by atoms with E-state index in [4.69, 9.17) is 0 Å². The molecule has 70 valence electrons. The van der Waals surface area contributed by atoms with Crippen molar-refractivity contribution >= 4 is 5.82 Å². The number of anilines is 1. The van der Waals surface area contributed by atoms with Crippen LogP contribution >= 0.6 is 0 Å². The van der Waals surface area contributed by atoms with Crippen LogP contribution in [0.3, 0.4) is 0 Å². The van der Waals surface area contributed by atoms with Gasteiger partial charge in [0.1, 0.15) is 0 Å². The number of hydrogen-bond donors (Lipinski definition) is 1. The lowest BCUT2D eigenvalue weighted by atomic mass is 10.1. The molecule has 0 aliphatic carbocycles. The summed E-state index contributed by atoms with van der Waals surface area (Å²) in [6.45, 7) is 0.497. The Hall–Kier alpha value is -1.33. The second-order valence-electron chi connectivity index (χ2n) is 2.76. The number of rotatable bonds is 0. The molecule has 0 fully saturated rings. The van der Waals surface area contributed by atoms with Crippen LogP contribution in [0.5, 0.6) is 0 Å². The standard InChI is InChI=1S/C7H6F3N3/c8-7(9,10)5-3-12-13-6-4(5)1-2-11-6/h3H,1-2H2,(H,11,13). The van der Waals surface area contributed by atoms with Crippen LogP contribution in [0.2, 0.25) is 0 Å². The van der Waals surface area contributed by atoms with Crippen molar-refractivity contribution in [2.45, 2.75) is 12.6 Å². The lowest BCUT2D eigenvalue weighted by Crippen LogP contribution is -2.09. The van der Waals surface area contributed by atoms with Crippen LogP contribution < -0.4 is 5.32 Å². The molecule has 0 atom stereocenters. The third kappa shape index (κ3) is 1.32. The Bertz CT molecular complexity index is 334. The molecule has 1 aliphatic heterocycles. The number of aromatic nitrogens is 2. The number of alkyl halides is 3. The molecule has 0 radical (unpaired) electrons. The Labute approximate surface area is 72.0 Å². The van der Waals surface area contributed by atoms with Gasteiger partial charge in [0.2, 0.25) is 0 Å². The minimum Gasteiger partial charge on any atom is -0.368 e. The smallest absolute Gasteiger partial charge is 0.368 e. The van der Waals surface area contributed by atoms with Crippen molar-refractivity contribution < 1.29 is 13.2 Å². The van der Waals surface area contributed by atoms with Crippen LogP contribution in [0.25, 0.3) is 0 Å². The molecule has 0 spiro atoms. The first kappa shape index (κ1) is 8.28. The average Bonchev–Trinajstić information content (AvgIpc) is 2.48. The Morgan fingerprint density at radius 1 is 1.38 bits per heavy atom. The van der Waals surface area contributed by atoms with E-state index in [0.29, 0.717) is 13.0 Å². The maximum atomic E-state index is 12.3. The molecule has 0 unspecified atom stereocenters. The molecule has 13 heavy (non-hydrogen) atoms. The normalized spacial score (nSPS) is 15.3. The Morgan fingerprint density at radius 3 is 2.85 bits per heavy atom. The van der Waals surface area contributed by atoms with Crippen LogP contribution in [0.4, 0.5) is 19.0 Å². The zero-order valence-corrected chi connectivity index (χ0v) is 6.52. The summed E-state index contributed by atoms with van der Waals surface area (Å²) >= 11 is 0. The summed E-state index contributed by atoms with van der Waals surface area (Å²) in [4.78, 5) is 0. The minimum absolute atomic E-state index is 0.225. The summed E-state index contributed by atoms with van der Waals surface area (Å²) in [5, 5.41) is 9.60. The number of nitrogens with one attached hydrogen (secondary N) is 1.